The molecule has 0 aliphatic heterocycles. The number of hydrogen-bond acceptors (Lipinski definition) is 3. The fraction of sp³-hybridized carbons (Fsp3) is 0.706. The molecule has 20 heavy (non-hydrogen) atoms. The van der Waals surface area contributed by atoms with Gasteiger partial charge in [-0.05, 0) is 58.7 Å². The van der Waals surface area contributed by atoms with E-state index in [4.69, 9.17) is 4.98 Å². The normalized spacial score (nSPS) is 11.7. The average molecular weight is 277 g/mol. The number of aryl methyl sites for hydroxylation is 1. The Morgan fingerprint density at radius 3 is 2.25 bits per heavy atom. The lowest BCUT2D eigenvalue weighted by molar-refractivity contribution is 0.424. The number of pyridine rings is 1. The van der Waals surface area contributed by atoms with E-state index in [2.05, 4.69) is 63.9 Å². The Bertz CT molecular complexity index is 403. The lowest BCUT2D eigenvalue weighted by atomic mass is 10.1. The minimum atomic E-state index is 0.142. The van der Waals surface area contributed by atoms with E-state index < -0.39 is 0 Å². The largest absolute Gasteiger partial charge is 0.357 e. The first-order chi connectivity index (χ1) is 9.39. The van der Waals surface area contributed by atoms with Crippen molar-refractivity contribution in [3.63, 3.8) is 0 Å². The van der Waals surface area contributed by atoms with Crippen LogP contribution in [0.1, 0.15) is 59.2 Å². The van der Waals surface area contributed by atoms with Gasteiger partial charge >= 0.3 is 0 Å². The van der Waals surface area contributed by atoms with E-state index in [9.17, 15) is 0 Å². The molecule has 1 N–H and O–H groups in total. The maximum Gasteiger partial charge on any atom is 0.129 e. The summed E-state index contributed by atoms with van der Waals surface area (Å²) in [6.45, 7) is 16.1. The van der Waals surface area contributed by atoms with E-state index in [-0.39, 0.29) is 5.54 Å². The van der Waals surface area contributed by atoms with Gasteiger partial charge in [-0.25, -0.2) is 4.98 Å². The second-order valence-corrected chi connectivity index (χ2v) is 6.35. The molecule has 3 nitrogen and oxygen atoms in total. The maximum atomic E-state index is 4.81. The molecule has 0 bridgehead atoms. The standard InChI is InChI=1S/C17H31N3/c1-7-10-15-11-14(13-18-17(4,5)6)12-16(19-15)20(8-2)9-3/h11-12,18H,7-10,13H2,1-6H3. The van der Waals surface area contributed by atoms with Crippen molar-refractivity contribution >= 4 is 5.82 Å². The van der Waals surface area contributed by atoms with Crippen LogP contribution in [0.3, 0.4) is 0 Å². The molecule has 0 amide bonds. The van der Waals surface area contributed by atoms with Crippen LogP contribution in [0.5, 0.6) is 0 Å². The van der Waals surface area contributed by atoms with Crippen molar-refractivity contribution in [3.05, 3.63) is 23.4 Å². The zero-order valence-electron chi connectivity index (χ0n) is 14.1. The molecule has 0 aliphatic rings. The molecular formula is C17H31N3. The fourth-order valence-corrected chi connectivity index (χ4v) is 2.20. The van der Waals surface area contributed by atoms with E-state index in [1.807, 2.05) is 0 Å². The van der Waals surface area contributed by atoms with Gasteiger partial charge in [0.1, 0.15) is 5.82 Å². The molecule has 0 spiro atoms. The quantitative estimate of drug-likeness (QED) is 0.822. The molecule has 3 heteroatoms. The Morgan fingerprint density at radius 2 is 1.75 bits per heavy atom. The summed E-state index contributed by atoms with van der Waals surface area (Å²) in [7, 11) is 0. The van der Waals surface area contributed by atoms with Crippen LogP contribution < -0.4 is 10.2 Å². The van der Waals surface area contributed by atoms with Crippen molar-refractivity contribution in [1.29, 1.82) is 0 Å². The van der Waals surface area contributed by atoms with Gasteiger partial charge in [0.2, 0.25) is 0 Å². The topological polar surface area (TPSA) is 28.2 Å². The second kappa shape index (κ2) is 7.63. The Hall–Kier alpha value is -1.09. The van der Waals surface area contributed by atoms with E-state index in [1.54, 1.807) is 0 Å². The SMILES string of the molecule is CCCc1cc(CNC(C)(C)C)cc(N(CC)CC)n1. The lowest BCUT2D eigenvalue weighted by Gasteiger charge is -2.23. The monoisotopic (exact) mass is 277 g/mol. The number of aromatic nitrogens is 1. The van der Waals surface area contributed by atoms with Crippen molar-refractivity contribution in [3.8, 4) is 0 Å². The van der Waals surface area contributed by atoms with E-state index >= 15 is 0 Å². The molecule has 1 heterocycles. The summed E-state index contributed by atoms with van der Waals surface area (Å²) >= 11 is 0. The number of hydrogen-bond donors (Lipinski definition) is 1. The summed E-state index contributed by atoms with van der Waals surface area (Å²) < 4.78 is 0. The van der Waals surface area contributed by atoms with Crippen molar-refractivity contribution < 1.29 is 0 Å². The van der Waals surface area contributed by atoms with Crippen molar-refractivity contribution in [1.82, 2.24) is 10.3 Å². The number of anilines is 1. The van der Waals surface area contributed by atoms with Gasteiger partial charge in [0.15, 0.2) is 0 Å². The number of nitrogens with zero attached hydrogens (tertiary/aromatic N) is 2. The van der Waals surface area contributed by atoms with Gasteiger partial charge in [0.05, 0.1) is 0 Å². The smallest absolute Gasteiger partial charge is 0.129 e. The summed E-state index contributed by atoms with van der Waals surface area (Å²) in [5, 5.41) is 3.56. The highest BCUT2D eigenvalue weighted by Gasteiger charge is 2.11. The summed E-state index contributed by atoms with van der Waals surface area (Å²) in [4.78, 5) is 7.13. The van der Waals surface area contributed by atoms with E-state index in [0.717, 1.165) is 38.3 Å². The highest BCUT2D eigenvalue weighted by Crippen LogP contribution is 2.17. The molecule has 1 rings (SSSR count). The molecule has 0 fully saturated rings. The molecule has 114 valence electrons. The average Bonchev–Trinajstić information content (AvgIpc) is 2.37. The molecule has 0 atom stereocenters. The van der Waals surface area contributed by atoms with Crippen LogP contribution in [0.25, 0.3) is 0 Å². The Labute approximate surface area is 124 Å². The molecule has 0 aromatic carbocycles. The molecule has 0 saturated carbocycles. The van der Waals surface area contributed by atoms with Crippen molar-refractivity contribution in [2.45, 2.75) is 66.5 Å². The molecule has 1 aromatic rings. The third-order valence-corrected chi connectivity index (χ3v) is 3.34. The van der Waals surface area contributed by atoms with Crippen LogP contribution in [0.15, 0.2) is 12.1 Å². The third-order valence-electron chi connectivity index (χ3n) is 3.34. The van der Waals surface area contributed by atoms with Gasteiger partial charge in [-0.15, -0.1) is 0 Å². The molecular weight excluding hydrogens is 246 g/mol. The molecule has 0 aliphatic carbocycles. The molecule has 0 radical (unpaired) electrons. The van der Waals surface area contributed by atoms with Gasteiger partial charge in [-0.1, -0.05) is 13.3 Å². The number of nitrogens with one attached hydrogen (secondary N) is 1. The summed E-state index contributed by atoms with van der Waals surface area (Å²) in [5.41, 5.74) is 2.69. The fourth-order valence-electron chi connectivity index (χ4n) is 2.20. The summed E-state index contributed by atoms with van der Waals surface area (Å²) in [5.74, 6) is 1.12. The summed E-state index contributed by atoms with van der Waals surface area (Å²) in [6, 6.07) is 4.47. The lowest BCUT2D eigenvalue weighted by Crippen LogP contribution is -2.35. The zero-order chi connectivity index (χ0) is 15.2. The van der Waals surface area contributed by atoms with Crippen LogP contribution >= 0.6 is 0 Å². The van der Waals surface area contributed by atoms with E-state index in [0.29, 0.717) is 0 Å². The van der Waals surface area contributed by atoms with Gasteiger partial charge in [-0.2, -0.15) is 0 Å². The first-order valence-electron chi connectivity index (χ1n) is 7.89. The first-order valence-corrected chi connectivity index (χ1v) is 7.89. The Balaban J connectivity index is 2.97. The highest BCUT2D eigenvalue weighted by atomic mass is 15.2. The first kappa shape index (κ1) is 17.0. The molecule has 1 aromatic heterocycles. The zero-order valence-corrected chi connectivity index (χ0v) is 14.1. The van der Waals surface area contributed by atoms with Crippen LogP contribution in [-0.4, -0.2) is 23.6 Å². The van der Waals surface area contributed by atoms with Crippen molar-refractivity contribution in [2.75, 3.05) is 18.0 Å². The van der Waals surface area contributed by atoms with Crippen molar-refractivity contribution in [2.24, 2.45) is 0 Å². The maximum absolute atomic E-state index is 4.81. The number of rotatable bonds is 7. The predicted molar refractivity (Wildman–Crippen MR) is 88.4 cm³/mol. The van der Waals surface area contributed by atoms with Crippen LogP contribution in [-0.2, 0) is 13.0 Å². The van der Waals surface area contributed by atoms with Gasteiger partial charge in [0, 0.05) is 30.9 Å². The predicted octanol–water partition coefficient (Wildman–Crippen LogP) is 3.77. The second-order valence-electron chi connectivity index (χ2n) is 6.35. The van der Waals surface area contributed by atoms with Gasteiger partial charge in [0.25, 0.3) is 0 Å². The van der Waals surface area contributed by atoms with E-state index in [1.165, 1.54) is 11.3 Å². The van der Waals surface area contributed by atoms with Gasteiger partial charge < -0.3 is 10.2 Å². The summed E-state index contributed by atoms with van der Waals surface area (Å²) in [6.07, 6.45) is 2.19. The van der Waals surface area contributed by atoms with Crippen LogP contribution in [0.2, 0.25) is 0 Å². The molecule has 0 unspecified atom stereocenters. The minimum Gasteiger partial charge on any atom is -0.357 e. The Morgan fingerprint density at radius 1 is 1.10 bits per heavy atom. The van der Waals surface area contributed by atoms with Crippen LogP contribution in [0, 0.1) is 0 Å². The third kappa shape index (κ3) is 5.49. The molecule has 0 saturated heterocycles. The minimum absolute atomic E-state index is 0.142. The van der Waals surface area contributed by atoms with Crippen LogP contribution in [0.4, 0.5) is 5.82 Å². The van der Waals surface area contributed by atoms with Gasteiger partial charge in [-0.3, -0.25) is 0 Å². The Kier molecular flexibility index (Phi) is 6.47. The highest BCUT2D eigenvalue weighted by molar-refractivity contribution is 5.42.